The number of fused-ring (bicyclic) bond motifs is 1. The number of aryl methyl sites for hydroxylation is 1. The van der Waals surface area contributed by atoms with Crippen LogP contribution in [0.2, 0.25) is 0 Å². The van der Waals surface area contributed by atoms with Crippen LogP contribution in [0.15, 0.2) is 36.4 Å². The van der Waals surface area contributed by atoms with Gasteiger partial charge in [0.2, 0.25) is 0 Å². The summed E-state index contributed by atoms with van der Waals surface area (Å²) in [6.45, 7) is 2.22. The molecule has 3 rings (SSSR count). The average Bonchev–Trinajstić information content (AvgIpc) is 3.01. The maximum atomic E-state index is 2.30. The lowest BCUT2D eigenvalue weighted by Crippen LogP contribution is -1.85. The Labute approximate surface area is 84.6 Å². The fourth-order valence-electron chi connectivity index (χ4n) is 2.30. The van der Waals surface area contributed by atoms with Crippen LogP contribution in [0.4, 0.5) is 0 Å². The molecular formula is C14H14. The first kappa shape index (κ1) is 8.05. The second kappa shape index (κ2) is 2.84. The van der Waals surface area contributed by atoms with Gasteiger partial charge >= 0.3 is 0 Å². The lowest BCUT2D eigenvalue weighted by Gasteiger charge is -2.07. The number of benzene rings is 2. The van der Waals surface area contributed by atoms with E-state index in [0.717, 1.165) is 5.92 Å². The lowest BCUT2D eigenvalue weighted by atomic mass is 9.97. The van der Waals surface area contributed by atoms with Crippen LogP contribution < -0.4 is 0 Å². The predicted octanol–water partition coefficient (Wildman–Crippen LogP) is 4.03. The van der Waals surface area contributed by atoms with Crippen LogP contribution >= 0.6 is 0 Å². The van der Waals surface area contributed by atoms with Crippen LogP contribution in [0.1, 0.15) is 29.9 Å². The van der Waals surface area contributed by atoms with Gasteiger partial charge in [0.1, 0.15) is 0 Å². The highest BCUT2D eigenvalue weighted by Crippen LogP contribution is 2.43. The molecule has 0 unspecified atom stereocenters. The zero-order valence-corrected chi connectivity index (χ0v) is 8.46. The highest BCUT2D eigenvalue weighted by molar-refractivity contribution is 5.89. The summed E-state index contributed by atoms with van der Waals surface area (Å²) in [7, 11) is 0. The van der Waals surface area contributed by atoms with Gasteiger partial charge in [-0.3, -0.25) is 0 Å². The highest BCUT2D eigenvalue weighted by Gasteiger charge is 2.25. The SMILES string of the molecule is Cc1cccc2cccc(C3CC3)c12. The summed E-state index contributed by atoms with van der Waals surface area (Å²) in [4.78, 5) is 0. The Bertz CT molecular complexity index is 473. The van der Waals surface area contributed by atoms with Crippen molar-refractivity contribution in [1.82, 2.24) is 0 Å². The van der Waals surface area contributed by atoms with E-state index in [-0.39, 0.29) is 0 Å². The van der Waals surface area contributed by atoms with Crippen molar-refractivity contribution >= 4 is 10.8 Å². The Balaban J connectivity index is 2.37. The van der Waals surface area contributed by atoms with Gasteiger partial charge in [0, 0.05) is 0 Å². The topological polar surface area (TPSA) is 0 Å². The smallest absolute Gasteiger partial charge is 0.0120 e. The molecule has 14 heavy (non-hydrogen) atoms. The maximum absolute atomic E-state index is 2.30. The van der Waals surface area contributed by atoms with Gasteiger partial charge in [0.15, 0.2) is 0 Å². The molecule has 0 aromatic heterocycles. The average molecular weight is 182 g/mol. The van der Waals surface area contributed by atoms with E-state index in [0.29, 0.717) is 0 Å². The van der Waals surface area contributed by atoms with Gasteiger partial charge in [-0.25, -0.2) is 0 Å². The maximum Gasteiger partial charge on any atom is -0.0120 e. The molecule has 0 nitrogen and oxygen atoms in total. The molecule has 0 aliphatic heterocycles. The molecule has 0 heteroatoms. The van der Waals surface area contributed by atoms with Crippen molar-refractivity contribution in [3.8, 4) is 0 Å². The lowest BCUT2D eigenvalue weighted by molar-refractivity contribution is 1.15. The van der Waals surface area contributed by atoms with E-state index in [4.69, 9.17) is 0 Å². The zero-order valence-electron chi connectivity index (χ0n) is 8.46. The first-order chi connectivity index (χ1) is 6.86. The Morgan fingerprint density at radius 3 is 2.43 bits per heavy atom. The molecule has 1 aliphatic rings. The van der Waals surface area contributed by atoms with Crippen molar-refractivity contribution in [3.05, 3.63) is 47.5 Å². The molecule has 0 N–H and O–H groups in total. The fraction of sp³-hybridized carbons (Fsp3) is 0.286. The van der Waals surface area contributed by atoms with Gasteiger partial charge < -0.3 is 0 Å². The second-order valence-electron chi connectivity index (χ2n) is 4.29. The van der Waals surface area contributed by atoms with Gasteiger partial charge in [-0.1, -0.05) is 36.4 Å². The minimum atomic E-state index is 0.847. The predicted molar refractivity (Wildman–Crippen MR) is 60.7 cm³/mol. The molecule has 0 bridgehead atoms. The third-order valence-corrected chi connectivity index (χ3v) is 3.16. The van der Waals surface area contributed by atoms with Crippen molar-refractivity contribution < 1.29 is 0 Å². The minimum Gasteiger partial charge on any atom is -0.0614 e. The summed E-state index contributed by atoms with van der Waals surface area (Å²) in [5, 5.41) is 2.90. The quantitative estimate of drug-likeness (QED) is 0.624. The minimum absolute atomic E-state index is 0.847. The van der Waals surface area contributed by atoms with Gasteiger partial charge in [-0.15, -0.1) is 0 Å². The summed E-state index contributed by atoms with van der Waals surface area (Å²) in [5.74, 6) is 0.847. The Morgan fingerprint density at radius 2 is 1.71 bits per heavy atom. The molecule has 1 saturated carbocycles. The molecule has 1 fully saturated rings. The van der Waals surface area contributed by atoms with E-state index < -0.39 is 0 Å². The third kappa shape index (κ3) is 1.14. The van der Waals surface area contributed by atoms with Crippen LogP contribution in [0.5, 0.6) is 0 Å². The number of hydrogen-bond donors (Lipinski definition) is 0. The van der Waals surface area contributed by atoms with E-state index in [1.54, 1.807) is 5.56 Å². The Hall–Kier alpha value is -1.30. The first-order valence-electron chi connectivity index (χ1n) is 5.34. The molecule has 0 heterocycles. The summed E-state index contributed by atoms with van der Waals surface area (Å²) in [5.41, 5.74) is 2.99. The van der Waals surface area contributed by atoms with E-state index in [2.05, 4.69) is 43.3 Å². The van der Waals surface area contributed by atoms with Gasteiger partial charge in [0.05, 0.1) is 0 Å². The largest absolute Gasteiger partial charge is 0.0614 e. The Kier molecular flexibility index (Phi) is 1.63. The van der Waals surface area contributed by atoms with Crippen molar-refractivity contribution in [2.24, 2.45) is 0 Å². The van der Waals surface area contributed by atoms with Gasteiger partial charge in [0.25, 0.3) is 0 Å². The molecule has 0 saturated heterocycles. The van der Waals surface area contributed by atoms with E-state index in [9.17, 15) is 0 Å². The van der Waals surface area contributed by atoms with E-state index >= 15 is 0 Å². The molecule has 70 valence electrons. The van der Waals surface area contributed by atoms with Crippen molar-refractivity contribution in [3.63, 3.8) is 0 Å². The number of rotatable bonds is 1. The summed E-state index contributed by atoms with van der Waals surface area (Å²) in [6, 6.07) is 13.3. The molecule has 1 aliphatic carbocycles. The van der Waals surface area contributed by atoms with Crippen LogP contribution in [0.3, 0.4) is 0 Å². The van der Waals surface area contributed by atoms with Gasteiger partial charge in [-0.2, -0.15) is 0 Å². The van der Waals surface area contributed by atoms with Crippen molar-refractivity contribution in [2.75, 3.05) is 0 Å². The molecule has 2 aromatic rings. The van der Waals surface area contributed by atoms with Crippen LogP contribution in [0.25, 0.3) is 10.8 Å². The normalized spacial score (nSPS) is 16.1. The highest BCUT2D eigenvalue weighted by atomic mass is 14.3. The molecular weight excluding hydrogens is 168 g/mol. The zero-order chi connectivity index (χ0) is 9.54. The third-order valence-electron chi connectivity index (χ3n) is 3.16. The van der Waals surface area contributed by atoms with Crippen LogP contribution in [-0.4, -0.2) is 0 Å². The van der Waals surface area contributed by atoms with E-state index in [1.807, 2.05) is 0 Å². The molecule has 0 spiro atoms. The number of hydrogen-bond acceptors (Lipinski definition) is 0. The Morgan fingerprint density at radius 1 is 1.00 bits per heavy atom. The monoisotopic (exact) mass is 182 g/mol. The fourth-order valence-corrected chi connectivity index (χ4v) is 2.30. The van der Waals surface area contributed by atoms with E-state index in [1.165, 1.54) is 29.2 Å². The summed E-state index contributed by atoms with van der Waals surface area (Å²) >= 11 is 0. The first-order valence-corrected chi connectivity index (χ1v) is 5.34. The van der Waals surface area contributed by atoms with Crippen molar-refractivity contribution in [2.45, 2.75) is 25.7 Å². The second-order valence-corrected chi connectivity index (χ2v) is 4.29. The van der Waals surface area contributed by atoms with Crippen molar-refractivity contribution in [1.29, 1.82) is 0 Å². The standard InChI is InChI=1S/C14H14/c1-10-4-2-5-12-6-3-7-13(14(10)12)11-8-9-11/h2-7,11H,8-9H2,1H3. The molecule has 0 amide bonds. The molecule has 2 aromatic carbocycles. The molecule has 0 atom stereocenters. The van der Waals surface area contributed by atoms with Crippen LogP contribution in [0, 0.1) is 6.92 Å². The summed E-state index contributed by atoms with van der Waals surface area (Å²) in [6.07, 6.45) is 2.76. The summed E-state index contributed by atoms with van der Waals surface area (Å²) < 4.78 is 0. The van der Waals surface area contributed by atoms with Crippen LogP contribution in [-0.2, 0) is 0 Å². The molecule has 0 radical (unpaired) electrons. The van der Waals surface area contributed by atoms with Gasteiger partial charge in [-0.05, 0) is 47.6 Å².